The number of nitrogens with one attached hydrogen (secondary N) is 1. The lowest BCUT2D eigenvalue weighted by atomic mass is 10.1. The van der Waals surface area contributed by atoms with Gasteiger partial charge in [-0.2, -0.15) is 0 Å². The number of hydrogen-bond donors (Lipinski definition) is 2. The molecule has 0 aliphatic heterocycles. The van der Waals surface area contributed by atoms with Crippen LogP contribution in [0.2, 0.25) is 0 Å². The van der Waals surface area contributed by atoms with Gasteiger partial charge in [-0.25, -0.2) is 0 Å². The van der Waals surface area contributed by atoms with E-state index in [1.165, 1.54) is 5.56 Å². The predicted octanol–water partition coefficient (Wildman–Crippen LogP) is 3.63. The number of benzene rings is 2. The molecule has 124 valence electrons. The van der Waals surface area contributed by atoms with Crippen LogP contribution in [0, 0.1) is 0 Å². The second-order valence-electron chi connectivity index (χ2n) is 5.62. The van der Waals surface area contributed by atoms with E-state index < -0.39 is 0 Å². The molecule has 4 heteroatoms. The molecule has 2 aromatic rings. The number of hydrogen-bond acceptors (Lipinski definition) is 4. The lowest BCUT2D eigenvalue weighted by molar-refractivity contribution is 0.274. The van der Waals surface area contributed by atoms with Gasteiger partial charge in [-0.15, -0.1) is 0 Å². The summed E-state index contributed by atoms with van der Waals surface area (Å²) in [6, 6.07) is 14.3. The summed E-state index contributed by atoms with van der Waals surface area (Å²) in [7, 11) is 3.29. The molecule has 2 N–H and O–H groups in total. The molecular formula is C19H25NO3. The molecule has 0 radical (unpaired) electrons. The Morgan fingerprint density at radius 1 is 1.04 bits per heavy atom. The van der Waals surface area contributed by atoms with E-state index in [2.05, 4.69) is 24.4 Å². The second-order valence-corrected chi connectivity index (χ2v) is 5.62. The highest BCUT2D eigenvalue weighted by Gasteiger charge is 2.07. The quantitative estimate of drug-likeness (QED) is 0.781. The van der Waals surface area contributed by atoms with Crippen molar-refractivity contribution in [1.29, 1.82) is 0 Å². The van der Waals surface area contributed by atoms with Gasteiger partial charge in [-0.05, 0) is 55.7 Å². The highest BCUT2D eigenvalue weighted by atomic mass is 16.5. The fourth-order valence-corrected chi connectivity index (χ4v) is 2.52. The third-order valence-electron chi connectivity index (χ3n) is 3.89. The number of aryl methyl sites for hydroxylation is 1. The summed E-state index contributed by atoms with van der Waals surface area (Å²) in [6.45, 7) is 2.13. The van der Waals surface area contributed by atoms with E-state index in [9.17, 15) is 5.11 Å². The molecular weight excluding hydrogens is 290 g/mol. The Hall–Kier alpha value is -2.20. The van der Waals surface area contributed by atoms with Gasteiger partial charge in [0.2, 0.25) is 0 Å². The molecule has 0 saturated carbocycles. The molecule has 4 nitrogen and oxygen atoms in total. The Morgan fingerprint density at radius 2 is 1.78 bits per heavy atom. The lowest BCUT2D eigenvalue weighted by Gasteiger charge is -2.17. The SMILES string of the molecule is COc1ccc(CCC(C)Nc2ccc(OC)c(CO)c2)cc1. The van der Waals surface area contributed by atoms with Crippen LogP contribution in [-0.4, -0.2) is 25.4 Å². The van der Waals surface area contributed by atoms with Crippen molar-refractivity contribution in [3.05, 3.63) is 53.6 Å². The molecule has 0 aliphatic rings. The van der Waals surface area contributed by atoms with E-state index in [1.807, 2.05) is 30.3 Å². The van der Waals surface area contributed by atoms with Crippen LogP contribution in [-0.2, 0) is 13.0 Å². The van der Waals surface area contributed by atoms with Crippen LogP contribution in [0.3, 0.4) is 0 Å². The Labute approximate surface area is 138 Å². The molecule has 0 aromatic heterocycles. The zero-order valence-corrected chi connectivity index (χ0v) is 14.0. The third kappa shape index (κ3) is 4.89. The molecule has 2 aromatic carbocycles. The van der Waals surface area contributed by atoms with E-state index in [1.54, 1.807) is 14.2 Å². The number of ether oxygens (including phenoxy) is 2. The van der Waals surface area contributed by atoms with Crippen LogP contribution < -0.4 is 14.8 Å². The normalized spacial score (nSPS) is 11.8. The van der Waals surface area contributed by atoms with E-state index >= 15 is 0 Å². The molecule has 0 fully saturated rings. The van der Waals surface area contributed by atoms with Gasteiger partial charge >= 0.3 is 0 Å². The molecule has 1 unspecified atom stereocenters. The second kappa shape index (κ2) is 8.44. The molecule has 0 aliphatic carbocycles. The van der Waals surface area contributed by atoms with Gasteiger partial charge in [0.25, 0.3) is 0 Å². The largest absolute Gasteiger partial charge is 0.497 e. The Balaban J connectivity index is 1.89. The fourth-order valence-electron chi connectivity index (χ4n) is 2.52. The van der Waals surface area contributed by atoms with Crippen LogP contribution in [0.5, 0.6) is 11.5 Å². The van der Waals surface area contributed by atoms with Crippen LogP contribution in [0.1, 0.15) is 24.5 Å². The van der Waals surface area contributed by atoms with Gasteiger partial charge < -0.3 is 19.9 Å². The molecule has 0 amide bonds. The van der Waals surface area contributed by atoms with Gasteiger partial charge in [0.1, 0.15) is 11.5 Å². The van der Waals surface area contributed by atoms with Crippen LogP contribution in [0.25, 0.3) is 0 Å². The first kappa shape index (κ1) is 17.2. The van der Waals surface area contributed by atoms with E-state index in [4.69, 9.17) is 9.47 Å². The molecule has 0 spiro atoms. The van der Waals surface area contributed by atoms with Gasteiger partial charge in [0, 0.05) is 17.3 Å². The lowest BCUT2D eigenvalue weighted by Crippen LogP contribution is -2.16. The Kier molecular flexibility index (Phi) is 6.29. The zero-order chi connectivity index (χ0) is 16.7. The van der Waals surface area contributed by atoms with Crippen molar-refractivity contribution in [3.63, 3.8) is 0 Å². The topological polar surface area (TPSA) is 50.7 Å². The van der Waals surface area contributed by atoms with Gasteiger partial charge in [0.05, 0.1) is 20.8 Å². The van der Waals surface area contributed by atoms with Crippen molar-refractivity contribution >= 4 is 5.69 Å². The van der Waals surface area contributed by atoms with Crippen molar-refractivity contribution in [2.45, 2.75) is 32.4 Å². The monoisotopic (exact) mass is 315 g/mol. The number of aliphatic hydroxyl groups excluding tert-OH is 1. The molecule has 0 saturated heterocycles. The van der Waals surface area contributed by atoms with Gasteiger partial charge in [-0.1, -0.05) is 12.1 Å². The maximum absolute atomic E-state index is 9.38. The van der Waals surface area contributed by atoms with E-state index in [0.717, 1.165) is 29.8 Å². The number of rotatable bonds is 8. The minimum absolute atomic E-state index is 0.0288. The molecule has 0 heterocycles. The summed E-state index contributed by atoms with van der Waals surface area (Å²) < 4.78 is 10.4. The van der Waals surface area contributed by atoms with Crippen molar-refractivity contribution in [1.82, 2.24) is 0 Å². The summed E-state index contributed by atoms with van der Waals surface area (Å²) in [4.78, 5) is 0. The zero-order valence-electron chi connectivity index (χ0n) is 14.0. The van der Waals surface area contributed by atoms with Crippen molar-refractivity contribution in [3.8, 4) is 11.5 Å². The summed E-state index contributed by atoms with van der Waals surface area (Å²) in [5.41, 5.74) is 3.09. The third-order valence-corrected chi connectivity index (χ3v) is 3.89. The maximum atomic E-state index is 9.38. The summed E-state index contributed by atoms with van der Waals surface area (Å²) in [5, 5.41) is 12.9. The Morgan fingerprint density at radius 3 is 2.39 bits per heavy atom. The van der Waals surface area contributed by atoms with Gasteiger partial charge in [-0.3, -0.25) is 0 Å². The predicted molar refractivity (Wildman–Crippen MR) is 93.3 cm³/mol. The summed E-state index contributed by atoms with van der Waals surface area (Å²) >= 11 is 0. The molecule has 2 rings (SSSR count). The number of methoxy groups -OCH3 is 2. The first-order chi connectivity index (χ1) is 11.2. The summed E-state index contributed by atoms with van der Waals surface area (Å²) in [5.74, 6) is 1.60. The van der Waals surface area contributed by atoms with Crippen molar-refractivity contribution in [2.75, 3.05) is 19.5 Å². The average Bonchev–Trinajstić information content (AvgIpc) is 2.60. The van der Waals surface area contributed by atoms with Crippen molar-refractivity contribution in [2.24, 2.45) is 0 Å². The molecule has 1 atom stereocenters. The minimum atomic E-state index is -0.0288. The molecule has 0 bridgehead atoms. The van der Waals surface area contributed by atoms with E-state index in [0.29, 0.717) is 11.8 Å². The van der Waals surface area contributed by atoms with E-state index in [-0.39, 0.29) is 6.61 Å². The fraction of sp³-hybridized carbons (Fsp3) is 0.368. The van der Waals surface area contributed by atoms with Crippen molar-refractivity contribution < 1.29 is 14.6 Å². The highest BCUT2D eigenvalue weighted by Crippen LogP contribution is 2.23. The van der Waals surface area contributed by atoms with Crippen LogP contribution in [0.15, 0.2) is 42.5 Å². The minimum Gasteiger partial charge on any atom is -0.497 e. The van der Waals surface area contributed by atoms with Gasteiger partial charge in [0.15, 0.2) is 0 Å². The standard InChI is InChI=1S/C19H25NO3/c1-14(4-5-15-6-9-18(22-2)10-7-15)20-17-8-11-19(23-3)16(12-17)13-21/h6-12,14,20-21H,4-5,13H2,1-3H3. The van der Waals surface area contributed by atoms with Crippen LogP contribution >= 0.6 is 0 Å². The smallest absolute Gasteiger partial charge is 0.124 e. The van der Waals surface area contributed by atoms with Crippen LogP contribution in [0.4, 0.5) is 5.69 Å². The number of aliphatic hydroxyl groups is 1. The highest BCUT2D eigenvalue weighted by molar-refractivity contribution is 5.51. The maximum Gasteiger partial charge on any atom is 0.124 e. The Bertz CT molecular complexity index is 611. The average molecular weight is 315 g/mol. The number of anilines is 1. The summed E-state index contributed by atoms with van der Waals surface area (Å²) in [6.07, 6.45) is 2.02. The first-order valence-corrected chi connectivity index (χ1v) is 7.83. The molecule has 23 heavy (non-hydrogen) atoms. The first-order valence-electron chi connectivity index (χ1n) is 7.83.